The number of hydrogen-bond acceptors (Lipinski definition) is 3. The van der Waals surface area contributed by atoms with Gasteiger partial charge in [-0.2, -0.15) is 0 Å². The molecule has 0 fully saturated rings. The van der Waals surface area contributed by atoms with Gasteiger partial charge in [0.2, 0.25) is 5.91 Å². The molecule has 1 aromatic carbocycles. The highest BCUT2D eigenvalue weighted by Gasteiger charge is 2.16. The smallest absolute Gasteiger partial charge is 0.251 e. The van der Waals surface area contributed by atoms with Crippen LogP contribution >= 0.6 is 0 Å². The van der Waals surface area contributed by atoms with Gasteiger partial charge >= 0.3 is 0 Å². The second kappa shape index (κ2) is 7.53. The Morgan fingerprint density at radius 2 is 1.79 bits per heavy atom. The predicted octanol–water partition coefficient (Wildman–Crippen LogP) is 0.529. The lowest BCUT2D eigenvalue weighted by molar-refractivity contribution is -0.122. The van der Waals surface area contributed by atoms with Crippen molar-refractivity contribution in [2.24, 2.45) is 0 Å². The molecule has 2 amide bonds. The third kappa shape index (κ3) is 5.09. The molecule has 0 aliphatic carbocycles. The topological polar surface area (TPSA) is 70.2 Å². The molecule has 0 saturated heterocycles. The van der Waals surface area contributed by atoms with E-state index in [4.69, 9.17) is 0 Å². The summed E-state index contributed by atoms with van der Waals surface area (Å²) in [6, 6.07) is 8.47. The lowest BCUT2D eigenvalue weighted by Gasteiger charge is -2.16. The Morgan fingerprint density at radius 1 is 1.16 bits per heavy atom. The predicted molar refractivity (Wildman–Crippen MR) is 74.9 cm³/mol. The van der Waals surface area contributed by atoms with Gasteiger partial charge in [-0.15, -0.1) is 0 Å². The molecule has 5 nitrogen and oxygen atoms in total. The van der Waals surface area contributed by atoms with E-state index in [2.05, 4.69) is 16.0 Å². The molecule has 0 spiro atoms. The van der Waals surface area contributed by atoms with Crippen LogP contribution in [0.5, 0.6) is 0 Å². The van der Waals surface area contributed by atoms with Crippen molar-refractivity contribution in [2.45, 2.75) is 25.9 Å². The molecule has 0 aromatic heterocycles. The largest absolute Gasteiger partial charge is 0.353 e. The zero-order chi connectivity index (χ0) is 14.3. The molecule has 0 radical (unpaired) electrons. The van der Waals surface area contributed by atoms with E-state index in [0.29, 0.717) is 12.1 Å². The summed E-state index contributed by atoms with van der Waals surface area (Å²) in [4.78, 5) is 23.6. The summed E-state index contributed by atoms with van der Waals surface area (Å²) >= 11 is 0. The average molecular weight is 263 g/mol. The highest BCUT2D eigenvalue weighted by atomic mass is 16.2. The minimum atomic E-state index is -0.559. The van der Waals surface area contributed by atoms with Gasteiger partial charge in [-0.1, -0.05) is 18.2 Å². The zero-order valence-corrected chi connectivity index (χ0v) is 11.6. The Labute approximate surface area is 113 Å². The Bertz CT molecular complexity index is 420. The monoisotopic (exact) mass is 263 g/mol. The van der Waals surface area contributed by atoms with Gasteiger partial charge in [0, 0.05) is 18.2 Å². The second-order valence-electron chi connectivity index (χ2n) is 4.50. The Hall–Kier alpha value is -1.88. The number of carbonyl (C=O) groups excluding carboxylic acids is 2. The van der Waals surface area contributed by atoms with Crippen LogP contribution in [0, 0.1) is 0 Å². The van der Waals surface area contributed by atoms with Crippen molar-refractivity contribution in [3.8, 4) is 0 Å². The van der Waals surface area contributed by atoms with Crippen LogP contribution < -0.4 is 16.0 Å². The van der Waals surface area contributed by atoms with Crippen molar-refractivity contribution in [1.29, 1.82) is 0 Å². The fourth-order valence-electron chi connectivity index (χ4n) is 1.44. The molecular formula is C14H21N3O2. The summed E-state index contributed by atoms with van der Waals surface area (Å²) in [5, 5.41) is 8.46. The minimum absolute atomic E-state index is 0.189. The molecule has 19 heavy (non-hydrogen) atoms. The Kier molecular flexibility index (Phi) is 6.02. The number of carbonyl (C=O) groups is 2. The van der Waals surface area contributed by atoms with Gasteiger partial charge < -0.3 is 16.0 Å². The quantitative estimate of drug-likeness (QED) is 0.701. The Balaban J connectivity index is 2.44. The maximum Gasteiger partial charge on any atom is 0.251 e. The van der Waals surface area contributed by atoms with E-state index in [1.807, 2.05) is 20.0 Å². The Morgan fingerprint density at radius 3 is 2.37 bits per heavy atom. The molecule has 0 aliphatic rings. The number of amides is 2. The van der Waals surface area contributed by atoms with Crippen LogP contribution in [0.3, 0.4) is 0 Å². The third-order valence-corrected chi connectivity index (χ3v) is 2.85. The standard InChI is InChI=1S/C14H21N3O2/c1-10(15-3)9-16-13(18)11(2)17-14(19)12-7-5-4-6-8-12/h4-8,10-11,15H,9H2,1-3H3,(H,16,18)(H,17,19). The molecule has 1 rings (SSSR count). The summed E-state index contributed by atoms with van der Waals surface area (Å²) in [5.74, 6) is -0.434. The van der Waals surface area contributed by atoms with E-state index in [0.717, 1.165) is 0 Å². The molecule has 2 unspecified atom stereocenters. The molecular weight excluding hydrogens is 242 g/mol. The summed E-state index contributed by atoms with van der Waals surface area (Å²) in [5.41, 5.74) is 0.547. The van der Waals surface area contributed by atoms with E-state index in [1.54, 1.807) is 31.2 Å². The van der Waals surface area contributed by atoms with Crippen LogP contribution in [0.25, 0.3) is 0 Å². The lowest BCUT2D eigenvalue weighted by atomic mass is 10.2. The van der Waals surface area contributed by atoms with Gasteiger partial charge in [-0.05, 0) is 33.0 Å². The molecule has 2 atom stereocenters. The highest BCUT2D eigenvalue weighted by Crippen LogP contribution is 1.98. The number of rotatable bonds is 6. The molecule has 104 valence electrons. The first-order valence-corrected chi connectivity index (χ1v) is 6.35. The van der Waals surface area contributed by atoms with Crippen LogP contribution in [0.2, 0.25) is 0 Å². The normalized spacial score (nSPS) is 13.4. The SMILES string of the molecule is CNC(C)CNC(=O)C(C)NC(=O)c1ccccc1. The number of hydrogen-bond donors (Lipinski definition) is 3. The second-order valence-corrected chi connectivity index (χ2v) is 4.50. The molecule has 0 saturated carbocycles. The first-order valence-electron chi connectivity index (χ1n) is 6.35. The van der Waals surface area contributed by atoms with Gasteiger partial charge in [0.15, 0.2) is 0 Å². The van der Waals surface area contributed by atoms with Crippen molar-refractivity contribution in [2.75, 3.05) is 13.6 Å². The number of benzene rings is 1. The maximum atomic E-state index is 11.9. The molecule has 0 heterocycles. The van der Waals surface area contributed by atoms with Gasteiger partial charge in [-0.25, -0.2) is 0 Å². The third-order valence-electron chi connectivity index (χ3n) is 2.85. The van der Waals surface area contributed by atoms with Crippen LogP contribution in [-0.4, -0.2) is 37.5 Å². The van der Waals surface area contributed by atoms with E-state index < -0.39 is 6.04 Å². The molecule has 0 bridgehead atoms. The van der Waals surface area contributed by atoms with Crippen molar-refractivity contribution >= 4 is 11.8 Å². The fraction of sp³-hybridized carbons (Fsp3) is 0.429. The summed E-state index contributed by atoms with van der Waals surface area (Å²) in [6.07, 6.45) is 0. The first kappa shape index (κ1) is 15.2. The fourth-order valence-corrected chi connectivity index (χ4v) is 1.44. The van der Waals surface area contributed by atoms with E-state index in [-0.39, 0.29) is 17.9 Å². The lowest BCUT2D eigenvalue weighted by Crippen LogP contribution is -2.47. The minimum Gasteiger partial charge on any atom is -0.353 e. The van der Waals surface area contributed by atoms with Gasteiger partial charge in [0.1, 0.15) is 6.04 Å². The van der Waals surface area contributed by atoms with E-state index >= 15 is 0 Å². The van der Waals surface area contributed by atoms with Crippen LogP contribution in [-0.2, 0) is 4.79 Å². The highest BCUT2D eigenvalue weighted by molar-refractivity contribution is 5.97. The van der Waals surface area contributed by atoms with E-state index in [1.165, 1.54) is 0 Å². The summed E-state index contributed by atoms with van der Waals surface area (Å²) < 4.78 is 0. The van der Waals surface area contributed by atoms with Gasteiger partial charge in [0.05, 0.1) is 0 Å². The van der Waals surface area contributed by atoms with E-state index in [9.17, 15) is 9.59 Å². The summed E-state index contributed by atoms with van der Waals surface area (Å²) in [6.45, 7) is 4.16. The summed E-state index contributed by atoms with van der Waals surface area (Å²) in [7, 11) is 1.83. The van der Waals surface area contributed by atoms with Gasteiger partial charge in [0.25, 0.3) is 5.91 Å². The first-order chi connectivity index (χ1) is 9.04. The number of likely N-dealkylation sites (N-methyl/N-ethyl adjacent to an activating group) is 1. The average Bonchev–Trinajstić information content (AvgIpc) is 2.44. The maximum absolute atomic E-state index is 11.9. The van der Waals surface area contributed by atoms with Crippen LogP contribution in [0.1, 0.15) is 24.2 Å². The molecule has 1 aromatic rings. The molecule has 0 aliphatic heterocycles. The molecule has 3 N–H and O–H groups in total. The van der Waals surface area contributed by atoms with Gasteiger partial charge in [-0.3, -0.25) is 9.59 Å². The molecule has 5 heteroatoms. The van der Waals surface area contributed by atoms with Crippen molar-refractivity contribution in [1.82, 2.24) is 16.0 Å². The van der Waals surface area contributed by atoms with Crippen molar-refractivity contribution in [3.63, 3.8) is 0 Å². The van der Waals surface area contributed by atoms with Crippen molar-refractivity contribution in [3.05, 3.63) is 35.9 Å². The van der Waals surface area contributed by atoms with Crippen molar-refractivity contribution < 1.29 is 9.59 Å². The zero-order valence-electron chi connectivity index (χ0n) is 11.6. The van der Waals surface area contributed by atoms with Crippen LogP contribution in [0.15, 0.2) is 30.3 Å². The van der Waals surface area contributed by atoms with Crippen LogP contribution in [0.4, 0.5) is 0 Å². The number of nitrogens with one attached hydrogen (secondary N) is 3.